The maximum absolute atomic E-state index is 5.19. The lowest BCUT2D eigenvalue weighted by atomic mass is 9.86. The number of hydrogen-bond donors (Lipinski definition) is 0. The Balaban J connectivity index is 1.20. The van der Waals surface area contributed by atoms with E-state index in [1.54, 1.807) is 0 Å². The molecule has 7 aromatic carbocycles. The SMILES string of the molecule is C1=CC2C(CC1)c1ccccc1N2c1ccc2c(c1)c1c3ccccc3c(-c3nc(-c4ccccc4)nc(-c4ccccc4)n3)cc1n2-c1ccccc1. The van der Waals surface area contributed by atoms with Gasteiger partial charge in [-0.25, -0.2) is 15.0 Å². The van der Waals surface area contributed by atoms with E-state index in [2.05, 4.69) is 149 Å². The van der Waals surface area contributed by atoms with Gasteiger partial charge in [0.25, 0.3) is 0 Å². The molecule has 0 N–H and O–H groups in total. The molecule has 1 aliphatic heterocycles. The number of hydrogen-bond acceptors (Lipinski definition) is 4. The summed E-state index contributed by atoms with van der Waals surface area (Å²) >= 11 is 0. The van der Waals surface area contributed by atoms with Gasteiger partial charge in [-0.2, -0.15) is 0 Å². The second-order valence-corrected chi connectivity index (χ2v) is 14.3. The van der Waals surface area contributed by atoms with Gasteiger partial charge in [-0.1, -0.05) is 133 Å². The van der Waals surface area contributed by atoms with Crippen molar-refractivity contribution in [2.45, 2.75) is 24.8 Å². The van der Waals surface area contributed by atoms with Crippen molar-refractivity contribution in [2.75, 3.05) is 4.90 Å². The Bertz CT molecular complexity index is 2840. The van der Waals surface area contributed by atoms with Crippen LogP contribution in [0, 0.1) is 0 Å². The number of para-hydroxylation sites is 2. The zero-order valence-electron chi connectivity index (χ0n) is 29.5. The lowest BCUT2D eigenvalue weighted by Gasteiger charge is -2.30. The molecule has 2 unspecified atom stereocenters. The third-order valence-corrected chi connectivity index (χ3v) is 11.3. The van der Waals surface area contributed by atoms with E-state index in [9.17, 15) is 0 Å². The summed E-state index contributed by atoms with van der Waals surface area (Å²) in [6.45, 7) is 0. The number of benzene rings is 7. The van der Waals surface area contributed by atoms with Crippen molar-refractivity contribution >= 4 is 44.0 Å². The fourth-order valence-corrected chi connectivity index (χ4v) is 8.90. The van der Waals surface area contributed by atoms with Crippen LogP contribution < -0.4 is 4.90 Å². The summed E-state index contributed by atoms with van der Waals surface area (Å²) in [5, 5.41) is 4.72. The summed E-state index contributed by atoms with van der Waals surface area (Å²) < 4.78 is 2.41. The molecule has 1 aliphatic carbocycles. The quantitative estimate of drug-likeness (QED) is 0.168. The minimum absolute atomic E-state index is 0.306. The van der Waals surface area contributed by atoms with E-state index in [0.717, 1.165) is 45.2 Å². The lowest BCUT2D eigenvalue weighted by molar-refractivity contribution is 0.573. The number of fused-ring (bicyclic) bond motifs is 8. The van der Waals surface area contributed by atoms with Crippen LogP contribution in [-0.4, -0.2) is 25.6 Å². The number of rotatable bonds is 5. The monoisotopic (exact) mass is 693 g/mol. The highest BCUT2D eigenvalue weighted by Crippen LogP contribution is 2.50. The summed E-state index contributed by atoms with van der Waals surface area (Å²) in [6, 6.07) is 58.5. The molecule has 256 valence electrons. The van der Waals surface area contributed by atoms with Crippen molar-refractivity contribution in [1.29, 1.82) is 0 Å². The van der Waals surface area contributed by atoms with Crippen LogP contribution in [0.15, 0.2) is 176 Å². The maximum Gasteiger partial charge on any atom is 0.164 e. The van der Waals surface area contributed by atoms with E-state index in [0.29, 0.717) is 29.4 Å². The third kappa shape index (κ3) is 4.82. The Hall–Kier alpha value is -6.85. The molecule has 0 bridgehead atoms. The predicted octanol–water partition coefficient (Wildman–Crippen LogP) is 12.1. The van der Waals surface area contributed by atoms with E-state index in [4.69, 9.17) is 15.0 Å². The highest BCUT2D eigenvalue weighted by atomic mass is 15.2. The van der Waals surface area contributed by atoms with Crippen LogP contribution in [0.2, 0.25) is 0 Å². The van der Waals surface area contributed by atoms with E-state index in [1.807, 2.05) is 36.4 Å². The highest BCUT2D eigenvalue weighted by molar-refractivity contribution is 6.24. The van der Waals surface area contributed by atoms with Crippen molar-refractivity contribution in [2.24, 2.45) is 0 Å². The number of nitrogens with zero attached hydrogens (tertiary/aromatic N) is 5. The second kappa shape index (κ2) is 12.4. The maximum atomic E-state index is 5.19. The fourth-order valence-electron chi connectivity index (χ4n) is 8.90. The predicted molar refractivity (Wildman–Crippen MR) is 221 cm³/mol. The average molecular weight is 694 g/mol. The van der Waals surface area contributed by atoms with Gasteiger partial charge in [0.05, 0.1) is 17.1 Å². The van der Waals surface area contributed by atoms with Crippen LogP contribution in [-0.2, 0) is 0 Å². The first-order chi connectivity index (χ1) is 26.8. The van der Waals surface area contributed by atoms with Gasteiger partial charge in [-0.05, 0) is 71.6 Å². The lowest BCUT2D eigenvalue weighted by Crippen LogP contribution is -2.29. The zero-order valence-corrected chi connectivity index (χ0v) is 29.5. The molecule has 0 saturated heterocycles. The topological polar surface area (TPSA) is 46.8 Å². The van der Waals surface area contributed by atoms with Gasteiger partial charge in [-0.15, -0.1) is 0 Å². The van der Waals surface area contributed by atoms with Gasteiger partial charge < -0.3 is 9.47 Å². The Morgan fingerprint density at radius 1 is 0.500 bits per heavy atom. The van der Waals surface area contributed by atoms with Crippen molar-refractivity contribution in [1.82, 2.24) is 19.5 Å². The van der Waals surface area contributed by atoms with Gasteiger partial charge in [-0.3, -0.25) is 0 Å². The minimum atomic E-state index is 0.306. The van der Waals surface area contributed by atoms with E-state index in [-0.39, 0.29) is 0 Å². The molecule has 0 amide bonds. The molecule has 5 heteroatoms. The highest BCUT2D eigenvalue weighted by Gasteiger charge is 2.38. The molecule has 11 rings (SSSR count). The molecule has 0 radical (unpaired) electrons. The Morgan fingerprint density at radius 3 is 1.87 bits per heavy atom. The zero-order chi connectivity index (χ0) is 35.6. The van der Waals surface area contributed by atoms with Crippen LogP contribution in [0.5, 0.6) is 0 Å². The molecule has 2 aliphatic rings. The molecule has 0 fully saturated rings. The molecule has 2 atom stereocenters. The fraction of sp³-hybridized carbons (Fsp3) is 0.0816. The Morgan fingerprint density at radius 2 is 1.13 bits per heavy atom. The normalized spacial score (nSPS) is 16.3. The van der Waals surface area contributed by atoms with Gasteiger partial charge >= 0.3 is 0 Å². The van der Waals surface area contributed by atoms with Crippen LogP contribution in [0.1, 0.15) is 24.3 Å². The summed E-state index contributed by atoms with van der Waals surface area (Å²) in [4.78, 5) is 18.0. The largest absolute Gasteiger partial charge is 0.334 e. The molecule has 3 heterocycles. The van der Waals surface area contributed by atoms with Gasteiger partial charge in [0.15, 0.2) is 17.5 Å². The van der Waals surface area contributed by atoms with Crippen molar-refractivity contribution in [3.63, 3.8) is 0 Å². The van der Waals surface area contributed by atoms with Crippen molar-refractivity contribution in [3.8, 4) is 39.9 Å². The second-order valence-electron chi connectivity index (χ2n) is 14.3. The molecule has 54 heavy (non-hydrogen) atoms. The molecular formula is C49H35N5. The summed E-state index contributed by atoms with van der Waals surface area (Å²) in [5.41, 5.74) is 10.2. The standard InChI is InChI=1S/C49H35N5/c1-4-16-32(17-5-1)47-50-48(33-18-6-2-7-19-33)52-49(51-47)40-31-45-46(39-25-11-10-22-36(39)40)41-30-35(28-29-44(41)53(45)34-20-8-3-9-21-34)54-42-26-14-12-23-37(42)38-24-13-15-27-43(38)54/h1-12,14-23,25-31,38,43H,13,24H2. The molecule has 9 aromatic rings. The molecule has 2 aromatic heterocycles. The van der Waals surface area contributed by atoms with E-state index < -0.39 is 0 Å². The van der Waals surface area contributed by atoms with Gasteiger partial charge in [0.2, 0.25) is 0 Å². The van der Waals surface area contributed by atoms with Crippen LogP contribution in [0.25, 0.3) is 72.4 Å². The molecule has 0 saturated carbocycles. The summed E-state index contributed by atoms with van der Waals surface area (Å²) in [7, 11) is 0. The van der Waals surface area contributed by atoms with Crippen molar-refractivity contribution in [3.05, 3.63) is 182 Å². The number of aromatic nitrogens is 4. The van der Waals surface area contributed by atoms with Crippen LogP contribution in [0.4, 0.5) is 11.4 Å². The summed E-state index contributed by atoms with van der Waals surface area (Å²) in [6.07, 6.45) is 7.09. The van der Waals surface area contributed by atoms with Gasteiger partial charge in [0.1, 0.15) is 0 Å². The van der Waals surface area contributed by atoms with E-state index >= 15 is 0 Å². The Labute approximate surface area is 313 Å². The Kier molecular flexibility index (Phi) is 7.05. The first-order valence-corrected chi connectivity index (χ1v) is 18.8. The minimum Gasteiger partial charge on any atom is -0.334 e. The van der Waals surface area contributed by atoms with Gasteiger partial charge in [0, 0.05) is 50.4 Å². The number of allylic oxidation sites excluding steroid dienone is 1. The molecular weight excluding hydrogens is 659 g/mol. The first kappa shape index (κ1) is 30.7. The smallest absolute Gasteiger partial charge is 0.164 e. The summed E-state index contributed by atoms with van der Waals surface area (Å²) in [5.74, 6) is 2.45. The first-order valence-electron chi connectivity index (χ1n) is 18.8. The number of anilines is 2. The molecule has 5 nitrogen and oxygen atoms in total. The van der Waals surface area contributed by atoms with Crippen molar-refractivity contribution < 1.29 is 0 Å². The average Bonchev–Trinajstić information content (AvgIpc) is 3.77. The van der Waals surface area contributed by atoms with Crippen LogP contribution in [0.3, 0.4) is 0 Å². The third-order valence-electron chi connectivity index (χ3n) is 11.3. The van der Waals surface area contributed by atoms with Crippen LogP contribution >= 0.6 is 0 Å². The van der Waals surface area contributed by atoms with E-state index in [1.165, 1.54) is 39.5 Å². The molecule has 0 spiro atoms.